The van der Waals surface area contributed by atoms with Gasteiger partial charge in [0.15, 0.2) is 0 Å². The van der Waals surface area contributed by atoms with Crippen LogP contribution in [0.25, 0.3) is 0 Å². The van der Waals surface area contributed by atoms with Gasteiger partial charge < -0.3 is 0 Å². The van der Waals surface area contributed by atoms with E-state index in [-0.39, 0.29) is 0 Å². The summed E-state index contributed by atoms with van der Waals surface area (Å²) in [5, 5.41) is 0. The van der Waals surface area contributed by atoms with Gasteiger partial charge in [0.25, 0.3) is 0 Å². The first-order valence-corrected chi connectivity index (χ1v) is 1.55. The van der Waals surface area contributed by atoms with Gasteiger partial charge in [-0.05, 0) is 6.42 Å². The van der Waals surface area contributed by atoms with Crippen molar-refractivity contribution in [3.05, 3.63) is 11.5 Å². The van der Waals surface area contributed by atoms with Crippen LogP contribution in [-0.4, -0.2) is 7.85 Å². The van der Waals surface area contributed by atoms with Gasteiger partial charge in [-0.2, -0.15) is 0 Å². The highest BCUT2D eigenvalue weighted by Crippen LogP contribution is 2.10. The molecular weight excluding hydrogens is 46.8 g/mol. The van der Waals surface area contributed by atoms with Crippen LogP contribution >= 0.6 is 0 Å². The minimum absolute atomic E-state index is 1.28. The molecule has 0 heterocycles. The highest BCUT2D eigenvalue weighted by molar-refractivity contribution is 6.24. The van der Waals surface area contributed by atoms with Gasteiger partial charge in [0.05, 0.1) is 0 Å². The molecule has 0 radical (unpaired) electrons. The van der Waals surface area contributed by atoms with E-state index in [1.54, 1.807) is 5.47 Å². The zero-order valence-electron chi connectivity index (χ0n) is 2.78. The summed E-state index contributed by atoms with van der Waals surface area (Å²) in [7, 11) is 2.14. The van der Waals surface area contributed by atoms with E-state index in [9.17, 15) is 0 Å². The Bertz CT molecular complexity index is 54.3. The van der Waals surface area contributed by atoms with Crippen molar-refractivity contribution in [2.24, 2.45) is 0 Å². The molecule has 0 nitrogen and oxygen atoms in total. The summed E-state index contributed by atoms with van der Waals surface area (Å²) in [5.74, 6) is 0. The summed E-state index contributed by atoms with van der Waals surface area (Å²) < 4.78 is 0. The molecular formula is C3H5B. The quantitative estimate of drug-likeness (QED) is 0.338. The first-order chi connectivity index (χ1) is 1.89. The van der Waals surface area contributed by atoms with Gasteiger partial charge in [0.2, 0.25) is 0 Å². The smallest absolute Gasteiger partial charge is 0.110 e. The van der Waals surface area contributed by atoms with Crippen molar-refractivity contribution in [1.82, 2.24) is 0 Å². The van der Waals surface area contributed by atoms with Gasteiger partial charge in [0, 0.05) is 0 Å². The maximum Gasteiger partial charge on any atom is 0.133 e. The van der Waals surface area contributed by atoms with E-state index < -0.39 is 0 Å². The third-order valence-corrected chi connectivity index (χ3v) is 0.612. The normalized spacial score (nSPS) is 19.5. The molecule has 0 spiro atoms. The van der Waals surface area contributed by atoms with Gasteiger partial charge >= 0.3 is 0 Å². The lowest BCUT2D eigenvalue weighted by molar-refractivity contribution is 1.67. The lowest BCUT2D eigenvalue weighted by Crippen LogP contribution is -1.43. The summed E-state index contributed by atoms with van der Waals surface area (Å²) in [6.07, 6.45) is 3.49. The van der Waals surface area contributed by atoms with Crippen LogP contribution in [0.3, 0.4) is 0 Å². The fraction of sp³-hybridized carbons (Fsp3) is 0.333. The molecule has 0 aromatic rings. The third kappa shape index (κ3) is 0.149. The summed E-state index contributed by atoms with van der Waals surface area (Å²) in [6, 6.07) is 0. The molecule has 0 amide bonds. The molecule has 0 bridgehead atoms. The molecule has 0 saturated heterocycles. The minimum atomic E-state index is 1.28. The topological polar surface area (TPSA) is 0 Å². The first-order valence-electron chi connectivity index (χ1n) is 1.55. The molecule has 0 aliphatic heterocycles. The van der Waals surface area contributed by atoms with Crippen molar-refractivity contribution in [2.75, 3.05) is 0 Å². The van der Waals surface area contributed by atoms with Gasteiger partial charge in [0.1, 0.15) is 7.85 Å². The number of hydrogen-bond acceptors (Lipinski definition) is 0. The largest absolute Gasteiger partial charge is 0.133 e. The predicted molar refractivity (Wildman–Crippen MR) is 21.2 cm³/mol. The highest BCUT2D eigenvalue weighted by atomic mass is 13.9. The lowest BCUT2D eigenvalue weighted by atomic mass is 10.1. The molecule has 4 heavy (non-hydrogen) atoms. The molecule has 0 fully saturated rings. The van der Waals surface area contributed by atoms with Gasteiger partial charge in [-0.25, -0.2) is 0 Å². The van der Waals surface area contributed by atoms with Crippen molar-refractivity contribution in [1.29, 1.82) is 0 Å². The van der Waals surface area contributed by atoms with E-state index in [2.05, 4.69) is 13.9 Å². The molecule has 0 aromatic heterocycles. The fourth-order valence-corrected chi connectivity index (χ4v) is 0.102. The van der Waals surface area contributed by atoms with Crippen LogP contribution in [0.5, 0.6) is 0 Å². The number of rotatable bonds is 0. The Labute approximate surface area is 26.9 Å². The van der Waals surface area contributed by atoms with E-state index in [0.29, 0.717) is 0 Å². The van der Waals surface area contributed by atoms with Crippen LogP contribution in [0.15, 0.2) is 11.5 Å². The SMILES string of the molecule is BC1=CC1. The standard InChI is InChI=1S/C3H5B/c4-3-1-2-3/h1H,2,4H2. The molecule has 20 valence electrons. The molecule has 0 N–H and O–H groups in total. The van der Waals surface area contributed by atoms with Crippen molar-refractivity contribution < 1.29 is 0 Å². The van der Waals surface area contributed by atoms with E-state index >= 15 is 0 Å². The first kappa shape index (κ1) is 2.07. The second-order valence-electron chi connectivity index (χ2n) is 1.25. The highest BCUT2D eigenvalue weighted by Gasteiger charge is 1.94. The maximum atomic E-state index is 2.21. The summed E-state index contributed by atoms with van der Waals surface area (Å²) >= 11 is 0. The molecule has 0 aromatic carbocycles. The van der Waals surface area contributed by atoms with Crippen LogP contribution in [0.1, 0.15) is 6.42 Å². The molecule has 1 heteroatoms. The molecule has 1 aliphatic rings. The fourth-order valence-electron chi connectivity index (χ4n) is 0.102. The van der Waals surface area contributed by atoms with Crippen LogP contribution in [0.4, 0.5) is 0 Å². The summed E-state index contributed by atoms with van der Waals surface area (Å²) in [4.78, 5) is 0. The zero-order valence-corrected chi connectivity index (χ0v) is 2.78. The molecule has 0 atom stereocenters. The Morgan fingerprint density at radius 2 is 2.25 bits per heavy atom. The monoisotopic (exact) mass is 52.0 g/mol. The van der Waals surface area contributed by atoms with Gasteiger partial charge in [-0.3, -0.25) is 0 Å². The second kappa shape index (κ2) is 0.396. The number of hydrogen-bond donors (Lipinski definition) is 0. The zero-order chi connectivity index (χ0) is 2.99. The number of allylic oxidation sites excluding steroid dienone is 2. The molecule has 1 aliphatic carbocycles. The minimum Gasteiger partial charge on any atom is -0.110 e. The maximum absolute atomic E-state index is 2.21. The van der Waals surface area contributed by atoms with E-state index in [4.69, 9.17) is 0 Å². The van der Waals surface area contributed by atoms with Crippen molar-refractivity contribution in [2.45, 2.75) is 6.42 Å². The Balaban J connectivity index is 2.54. The lowest BCUT2D eigenvalue weighted by Gasteiger charge is -1.45. The molecule has 1 rings (SSSR count). The second-order valence-corrected chi connectivity index (χ2v) is 1.25. The Hall–Kier alpha value is -0.195. The summed E-state index contributed by atoms with van der Waals surface area (Å²) in [5.41, 5.74) is 1.54. The van der Waals surface area contributed by atoms with E-state index in [1.165, 1.54) is 6.42 Å². The van der Waals surface area contributed by atoms with Gasteiger partial charge in [-0.15, -0.1) is 5.47 Å². The van der Waals surface area contributed by atoms with Crippen molar-refractivity contribution in [3.8, 4) is 0 Å². The van der Waals surface area contributed by atoms with Gasteiger partial charge in [-0.1, -0.05) is 6.08 Å². The average Bonchev–Trinajstić information content (AvgIpc) is 1.75. The Morgan fingerprint density at radius 3 is 2.25 bits per heavy atom. The van der Waals surface area contributed by atoms with E-state index in [1.807, 2.05) is 0 Å². The predicted octanol–water partition coefficient (Wildman–Crippen LogP) is -0.0929. The third-order valence-electron chi connectivity index (χ3n) is 0.612. The van der Waals surface area contributed by atoms with E-state index in [0.717, 1.165) is 0 Å². The summed E-state index contributed by atoms with van der Waals surface area (Å²) in [6.45, 7) is 0. The average molecular weight is 51.9 g/mol. The van der Waals surface area contributed by atoms with Crippen LogP contribution in [0, 0.1) is 0 Å². The van der Waals surface area contributed by atoms with Crippen LogP contribution < -0.4 is 0 Å². The Kier molecular flexibility index (Phi) is 0.205. The molecule has 0 unspecified atom stereocenters. The molecule has 0 saturated carbocycles. The van der Waals surface area contributed by atoms with Crippen LogP contribution in [-0.2, 0) is 0 Å². The van der Waals surface area contributed by atoms with Crippen molar-refractivity contribution in [3.63, 3.8) is 0 Å². The van der Waals surface area contributed by atoms with Crippen LogP contribution in [0.2, 0.25) is 0 Å². The van der Waals surface area contributed by atoms with Crippen molar-refractivity contribution >= 4 is 7.85 Å². The Morgan fingerprint density at radius 1 is 2.00 bits per heavy atom.